The van der Waals surface area contributed by atoms with Crippen LogP contribution in [-0.4, -0.2) is 66.6 Å². The summed E-state index contributed by atoms with van der Waals surface area (Å²) in [6.45, 7) is -0.937. The van der Waals surface area contributed by atoms with Gasteiger partial charge in [0.2, 0.25) is 0 Å². The Bertz CT molecular complexity index is 588. The van der Waals surface area contributed by atoms with Crippen molar-refractivity contribution in [3.05, 3.63) is 0 Å². The number of hydrogen-bond acceptors (Lipinski definition) is 3. The lowest BCUT2D eigenvalue weighted by Gasteiger charge is -2.35. The molecule has 0 heterocycles. The highest BCUT2D eigenvalue weighted by Gasteiger charge is 2.84. The van der Waals surface area contributed by atoms with Crippen molar-refractivity contribution in [3.63, 3.8) is 0 Å². The third kappa shape index (κ3) is 4.89. The fourth-order valence-electron chi connectivity index (χ4n) is 1.55. The Morgan fingerprint density at radius 3 is 1.72 bits per heavy atom. The zero-order valence-electron chi connectivity index (χ0n) is 12.3. The van der Waals surface area contributed by atoms with Crippen molar-refractivity contribution in [3.8, 4) is 0 Å². The SMILES string of the molecule is CCN(CCCS(=O)(=O)O)C(=O)C(F)(F)C(F)(F)C(F)(F)C(F)(F)F. The highest BCUT2D eigenvalue weighted by Crippen LogP contribution is 2.53. The van der Waals surface area contributed by atoms with Gasteiger partial charge in [0.25, 0.3) is 16.0 Å². The van der Waals surface area contributed by atoms with E-state index in [4.69, 9.17) is 4.55 Å². The Morgan fingerprint density at radius 1 is 0.960 bits per heavy atom. The van der Waals surface area contributed by atoms with Gasteiger partial charge in [0, 0.05) is 13.1 Å². The monoisotopic (exact) mass is 413 g/mol. The predicted molar refractivity (Wildman–Crippen MR) is 64.2 cm³/mol. The molecule has 0 aromatic heterocycles. The maximum atomic E-state index is 13.4. The molecule has 5 nitrogen and oxygen atoms in total. The summed E-state index contributed by atoms with van der Waals surface area (Å²) in [6.07, 6.45) is -7.81. The van der Waals surface area contributed by atoms with Gasteiger partial charge in [-0.15, -0.1) is 0 Å². The minimum Gasteiger partial charge on any atom is -0.338 e. The molecule has 0 aliphatic carbocycles. The van der Waals surface area contributed by atoms with Gasteiger partial charge in [-0.05, 0) is 13.3 Å². The standard InChI is InChI=1S/C10H12F9NO4S/c1-2-20(4-3-5-25(22,23)24)6(21)7(11,12)8(13,14)9(15,16)10(17,18)19/h2-5H2,1H3,(H,22,23,24). The van der Waals surface area contributed by atoms with Crippen LogP contribution < -0.4 is 0 Å². The Hall–Kier alpha value is -1.25. The molecule has 0 rings (SSSR count). The number of hydrogen-bond donors (Lipinski definition) is 1. The van der Waals surface area contributed by atoms with Crippen molar-refractivity contribution in [2.24, 2.45) is 0 Å². The van der Waals surface area contributed by atoms with Crippen LogP contribution in [0.4, 0.5) is 39.5 Å². The van der Waals surface area contributed by atoms with Crippen LogP contribution in [0.25, 0.3) is 0 Å². The highest BCUT2D eigenvalue weighted by molar-refractivity contribution is 7.85. The van der Waals surface area contributed by atoms with Gasteiger partial charge in [0.05, 0.1) is 5.75 Å². The average Bonchev–Trinajstić information content (AvgIpc) is 2.40. The maximum absolute atomic E-state index is 13.4. The van der Waals surface area contributed by atoms with Gasteiger partial charge in [0.1, 0.15) is 0 Å². The molecule has 0 aliphatic rings. The Morgan fingerprint density at radius 2 is 1.40 bits per heavy atom. The Kier molecular flexibility index (Phi) is 6.81. The molecule has 15 heteroatoms. The molecule has 0 bridgehead atoms. The number of carbonyl (C=O) groups excluding carboxylic acids is 1. The molecule has 0 aromatic rings. The van der Waals surface area contributed by atoms with Crippen molar-refractivity contribution in [2.75, 3.05) is 18.8 Å². The molecule has 0 aliphatic heterocycles. The van der Waals surface area contributed by atoms with Gasteiger partial charge >= 0.3 is 23.9 Å². The highest BCUT2D eigenvalue weighted by atomic mass is 32.2. The Balaban J connectivity index is 5.55. The molecule has 0 atom stereocenters. The van der Waals surface area contributed by atoms with Crippen LogP contribution in [0.15, 0.2) is 0 Å². The van der Waals surface area contributed by atoms with E-state index in [9.17, 15) is 52.7 Å². The van der Waals surface area contributed by atoms with Crippen LogP contribution in [0.2, 0.25) is 0 Å². The molecule has 0 radical (unpaired) electrons. The van der Waals surface area contributed by atoms with E-state index in [1.54, 1.807) is 0 Å². The first kappa shape index (κ1) is 23.8. The number of amides is 1. The largest absolute Gasteiger partial charge is 0.460 e. The molecule has 25 heavy (non-hydrogen) atoms. The third-order valence-corrected chi connectivity index (χ3v) is 3.72. The van der Waals surface area contributed by atoms with Crippen molar-refractivity contribution in [1.29, 1.82) is 0 Å². The van der Waals surface area contributed by atoms with E-state index in [-0.39, 0.29) is 4.90 Å². The quantitative estimate of drug-likeness (QED) is 0.491. The van der Waals surface area contributed by atoms with Crippen LogP contribution in [0.3, 0.4) is 0 Å². The molecule has 0 spiro atoms. The molecule has 0 fully saturated rings. The second-order valence-electron chi connectivity index (χ2n) is 4.75. The van der Waals surface area contributed by atoms with Crippen molar-refractivity contribution >= 4 is 16.0 Å². The summed E-state index contributed by atoms with van der Waals surface area (Å²) in [5.74, 6) is -24.9. The number of carbonyl (C=O) groups is 1. The van der Waals surface area contributed by atoms with Crippen LogP contribution in [0.5, 0.6) is 0 Å². The van der Waals surface area contributed by atoms with Gasteiger partial charge in [-0.25, -0.2) is 0 Å². The summed E-state index contributed by atoms with van der Waals surface area (Å²) in [6, 6.07) is 0. The summed E-state index contributed by atoms with van der Waals surface area (Å²) >= 11 is 0. The van der Waals surface area contributed by atoms with Crippen LogP contribution in [0.1, 0.15) is 13.3 Å². The molecule has 0 unspecified atom stereocenters. The van der Waals surface area contributed by atoms with E-state index in [0.717, 1.165) is 6.92 Å². The summed E-state index contributed by atoms with van der Waals surface area (Å²) in [5.41, 5.74) is 0. The van der Waals surface area contributed by atoms with Crippen molar-refractivity contribution in [1.82, 2.24) is 4.90 Å². The van der Waals surface area contributed by atoms with E-state index in [2.05, 4.69) is 0 Å². The fraction of sp³-hybridized carbons (Fsp3) is 0.900. The predicted octanol–water partition coefficient (Wildman–Crippen LogP) is 2.58. The Labute approximate surface area is 135 Å². The summed E-state index contributed by atoms with van der Waals surface area (Å²) in [7, 11) is -4.60. The van der Waals surface area contributed by atoms with E-state index in [1.807, 2.05) is 0 Å². The molecule has 1 amide bonds. The second-order valence-corrected chi connectivity index (χ2v) is 6.32. The lowest BCUT2D eigenvalue weighted by atomic mass is 10.0. The zero-order chi connectivity index (χ0) is 20.5. The first-order valence-corrected chi connectivity index (χ1v) is 7.88. The maximum Gasteiger partial charge on any atom is 0.460 e. The molecule has 0 aromatic carbocycles. The molecular formula is C10H12F9NO4S. The zero-order valence-corrected chi connectivity index (χ0v) is 13.1. The number of halogens is 9. The van der Waals surface area contributed by atoms with E-state index in [1.165, 1.54) is 0 Å². The first-order chi connectivity index (χ1) is 10.8. The van der Waals surface area contributed by atoms with Crippen molar-refractivity contribution < 1.29 is 57.3 Å². The molecular weight excluding hydrogens is 401 g/mol. The van der Waals surface area contributed by atoms with E-state index >= 15 is 0 Å². The summed E-state index contributed by atoms with van der Waals surface area (Å²) in [5, 5.41) is 0. The average molecular weight is 413 g/mol. The third-order valence-electron chi connectivity index (χ3n) is 2.91. The minimum absolute atomic E-state index is 0.231. The van der Waals surface area contributed by atoms with Gasteiger partial charge < -0.3 is 4.90 Å². The van der Waals surface area contributed by atoms with Gasteiger partial charge in [-0.3, -0.25) is 9.35 Å². The summed E-state index contributed by atoms with van der Waals surface area (Å²) < 4.78 is 144. The van der Waals surface area contributed by atoms with Gasteiger partial charge in [0.15, 0.2) is 0 Å². The smallest absolute Gasteiger partial charge is 0.338 e. The molecule has 0 saturated heterocycles. The summed E-state index contributed by atoms with van der Waals surface area (Å²) in [4.78, 5) is 11.1. The number of nitrogens with zero attached hydrogens (tertiary/aromatic N) is 1. The van der Waals surface area contributed by atoms with Crippen molar-refractivity contribution in [2.45, 2.75) is 37.3 Å². The topological polar surface area (TPSA) is 74.7 Å². The van der Waals surface area contributed by atoms with Crippen LogP contribution >= 0.6 is 0 Å². The van der Waals surface area contributed by atoms with Crippen LogP contribution in [0, 0.1) is 0 Å². The normalized spacial score (nSPS) is 14.5. The first-order valence-electron chi connectivity index (χ1n) is 6.27. The van der Waals surface area contributed by atoms with E-state index in [0.29, 0.717) is 0 Å². The lowest BCUT2D eigenvalue weighted by Crippen LogP contribution is -2.65. The molecule has 0 saturated carbocycles. The number of rotatable bonds is 8. The van der Waals surface area contributed by atoms with E-state index < -0.39 is 65.2 Å². The molecule has 150 valence electrons. The lowest BCUT2D eigenvalue weighted by molar-refractivity contribution is -0.389. The van der Waals surface area contributed by atoms with Gasteiger partial charge in [-0.2, -0.15) is 47.9 Å². The van der Waals surface area contributed by atoms with Gasteiger partial charge in [-0.1, -0.05) is 0 Å². The fourth-order valence-corrected chi connectivity index (χ4v) is 2.04. The van der Waals surface area contributed by atoms with Crippen LogP contribution in [-0.2, 0) is 14.9 Å². The minimum atomic E-state index is -7.20. The number of alkyl halides is 9. The second kappa shape index (κ2) is 7.17. The molecule has 1 N–H and O–H groups in total.